The summed E-state index contributed by atoms with van der Waals surface area (Å²) in [6.07, 6.45) is 5.05. The predicted molar refractivity (Wildman–Crippen MR) is 87.9 cm³/mol. The van der Waals surface area contributed by atoms with Crippen molar-refractivity contribution in [3.05, 3.63) is 45.4 Å². The molecule has 3 rings (SSSR count). The fourth-order valence-electron chi connectivity index (χ4n) is 2.56. The number of aromatic nitrogens is 1. The van der Waals surface area contributed by atoms with Crippen molar-refractivity contribution >= 4 is 28.8 Å². The van der Waals surface area contributed by atoms with Gasteiger partial charge in [-0.05, 0) is 36.8 Å². The zero-order valence-electron chi connectivity index (χ0n) is 12.3. The van der Waals surface area contributed by atoms with Crippen LogP contribution in [0.4, 0.5) is 0 Å². The number of aryl methyl sites for hydroxylation is 1. The smallest absolute Gasteiger partial charge is 0.264 e. The number of halogens is 1. The lowest BCUT2D eigenvalue weighted by molar-refractivity contribution is 0.0542. The van der Waals surface area contributed by atoms with Crippen molar-refractivity contribution in [1.29, 1.82) is 0 Å². The van der Waals surface area contributed by atoms with Gasteiger partial charge in [0.1, 0.15) is 16.9 Å². The molecule has 1 saturated heterocycles. The van der Waals surface area contributed by atoms with Crippen molar-refractivity contribution in [2.45, 2.75) is 25.9 Å². The van der Waals surface area contributed by atoms with Gasteiger partial charge in [0.2, 0.25) is 0 Å². The number of piperidine rings is 1. The molecular weight excluding hydrogens is 320 g/mol. The normalized spacial score (nSPS) is 18.3. The summed E-state index contributed by atoms with van der Waals surface area (Å²) in [7, 11) is 0. The molecule has 0 spiro atoms. The van der Waals surface area contributed by atoms with Crippen LogP contribution in [-0.2, 0) is 0 Å². The summed E-state index contributed by atoms with van der Waals surface area (Å²) in [5.74, 6) is 0.718. The van der Waals surface area contributed by atoms with Crippen molar-refractivity contribution in [1.82, 2.24) is 9.88 Å². The van der Waals surface area contributed by atoms with Crippen LogP contribution in [0.3, 0.4) is 0 Å². The van der Waals surface area contributed by atoms with Gasteiger partial charge in [-0.15, -0.1) is 11.3 Å². The maximum Gasteiger partial charge on any atom is 0.264 e. The molecule has 0 aliphatic carbocycles. The van der Waals surface area contributed by atoms with E-state index in [0.717, 1.165) is 29.8 Å². The van der Waals surface area contributed by atoms with Gasteiger partial charge < -0.3 is 9.64 Å². The van der Waals surface area contributed by atoms with Gasteiger partial charge in [-0.1, -0.05) is 11.6 Å². The fraction of sp³-hybridized carbons (Fsp3) is 0.375. The number of thiophene rings is 1. The quantitative estimate of drug-likeness (QED) is 0.856. The fourth-order valence-corrected chi connectivity index (χ4v) is 3.58. The highest BCUT2D eigenvalue weighted by atomic mass is 35.5. The lowest BCUT2D eigenvalue weighted by Gasteiger charge is -2.32. The minimum Gasteiger partial charge on any atom is -0.487 e. The maximum atomic E-state index is 12.5. The molecule has 22 heavy (non-hydrogen) atoms. The molecule has 1 aliphatic heterocycles. The number of carbonyl (C=O) groups is 1. The van der Waals surface area contributed by atoms with E-state index in [-0.39, 0.29) is 12.0 Å². The lowest BCUT2D eigenvalue weighted by Crippen LogP contribution is -2.44. The van der Waals surface area contributed by atoms with Gasteiger partial charge in [-0.25, -0.2) is 0 Å². The third-order valence-corrected chi connectivity index (χ3v) is 4.96. The second kappa shape index (κ2) is 6.67. The Hall–Kier alpha value is -1.59. The Morgan fingerprint density at radius 2 is 2.41 bits per heavy atom. The summed E-state index contributed by atoms with van der Waals surface area (Å²) in [6.45, 7) is 3.37. The number of rotatable bonds is 3. The minimum absolute atomic E-state index is 0.0290. The molecular formula is C16H17ClN2O2S. The van der Waals surface area contributed by atoms with E-state index in [1.807, 2.05) is 23.3 Å². The van der Waals surface area contributed by atoms with Crippen LogP contribution in [0.25, 0.3) is 0 Å². The third-order valence-electron chi connectivity index (χ3n) is 3.64. The van der Waals surface area contributed by atoms with E-state index >= 15 is 0 Å². The number of nitrogens with zero attached hydrogens (tertiary/aromatic N) is 2. The van der Waals surface area contributed by atoms with Gasteiger partial charge >= 0.3 is 0 Å². The summed E-state index contributed by atoms with van der Waals surface area (Å²) in [6, 6.07) is 3.70. The van der Waals surface area contributed by atoms with Gasteiger partial charge in [0.25, 0.3) is 5.91 Å². The molecule has 1 amide bonds. The van der Waals surface area contributed by atoms with Gasteiger partial charge in [-0.2, -0.15) is 0 Å². The highest BCUT2D eigenvalue weighted by Crippen LogP contribution is 2.26. The molecule has 0 N–H and O–H groups in total. The summed E-state index contributed by atoms with van der Waals surface area (Å²) < 4.78 is 5.95. The number of ether oxygens (including phenoxy) is 1. The number of hydrogen-bond acceptors (Lipinski definition) is 4. The van der Waals surface area contributed by atoms with Crippen LogP contribution in [0.1, 0.15) is 28.1 Å². The largest absolute Gasteiger partial charge is 0.487 e. The third kappa shape index (κ3) is 3.42. The highest BCUT2D eigenvalue weighted by molar-refractivity contribution is 7.12. The Kier molecular flexibility index (Phi) is 4.64. The van der Waals surface area contributed by atoms with Crippen LogP contribution < -0.4 is 4.74 Å². The Morgan fingerprint density at radius 3 is 3.14 bits per heavy atom. The average molecular weight is 337 g/mol. The topological polar surface area (TPSA) is 42.4 Å². The van der Waals surface area contributed by atoms with E-state index in [1.165, 1.54) is 11.3 Å². The first-order valence-corrected chi connectivity index (χ1v) is 8.50. The summed E-state index contributed by atoms with van der Waals surface area (Å²) in [4.78, 5) is 19.1. The maximum absolute atomic E-state index is 12.5. The van der Waals surface area contributed by atoms with Crippen LogP contribution in [0.15, 0.2) is 29.9 Å². The monoisotopic (exact) mass is 336 g/mol. The summed E-state index contributed by atoms with van der Waals surface area (Å²) >= 11 is 7.57. The molecule has 1 aliphatic rings. The van der Waals surface area contributed by atoms with Crippen LogP contribution in [0, 0.1) is 6.92 Å². The Balaban J connectivity index is 1.67. The van der Waals surface area contributed by atoms with Crippen LogP contribution in [-0.4, -0.2) is 35.0 Å². The molecule has 1 atom stereocenters. The van der Waals surface area contributed by atoms with Crippen LogP contribution in [0.2, 0.25) is 5.02 Å². The molecule has 2 aromatic heterocycles. The summed E-state index contributed by atoms with van der Waals surface area (Å²) in [5, 5.41) is 2.50. The molecule has 3 heterocycles. The standard InChI is InChI=1S/C16H17ClN2O2S/c1-11-7-15(22-10-11)16(20)19-6-2-3-12(9-19)21-14-4-5-18-8-13(14)17/h4-5,7-8,10,12H,2-3,6,9H2,1H3. The Bertz CT molecular complexity index is 674. The molecule has 4 nitrogen and oxygen atoms in total. The SMILES string of the molecule is Cc1csc(C(=O)N2CCCC(Oc3ccncc3Cl)C2)c1. The highest BCUT2D eigenvalue weighted by Gasteiger charge is 2.26. The first-order valence-electron chi connectivity index (χ1n) is 7.24. The van der Waals surface area contributed by atoms with Gasteiger partial charge in [0.15, 0.2) is 0 Å². The van der Waals surface area contributed by atoms with Crippen LogP contribution >= 0.6 is 22.9 Å². The lowest BCUT2D eigenvalue weighted by atomic mass is 10.1. The first-order chi connectivity index (χ1) is 10.6. The zero-order valence-corrected chi connectivity index (χ0v) is 13.9. The van der Waals surface area contributed by atoms with Crippen molar-refractivity contribution in [2.75, 3.05) is 13.1 Å². The molecule has 116 valence electrons. The van der Waals surface area contributed by atoms with Crippen molar-refractivity contribution in [3.8, 4) is 5.75 Å². The van der Waals surface area contributed by atoms with E-state index in [1.54, 1.807) is 18.5 Å². The number of pyridine rings is 1. The van der Waals surface area contributed by atoms with Gasteiger partial charge in [-0.3, -0.25) is 9.78 Å². The van der Waals surface area contributed by atoms with E-state index in [4.69, 9.17) is 16.3 Å². The zero-order chi connectivity index (χ0) is 15.5. The predicted octanol–water partition coefficient (Wildman–Crippen LogP) is 3.79. The van der Waals surface area contributed by atoms with Gasteiger partial charge in [0.05, 0.1) is 11.4 Å². The van der Waals surface area contributed by atoms with Gasteiger partial charge in [0, 0.05) is 25.0 Å². The molecule has 0 bridgehead atoms. The van der Waals surface area contributed by atoms with Crippen LogP contribution in [0.5, 0.6) is 5.75 Å². The first kappa shape index (κ1) is 15.3. The molecule has 0 aromatic carbocycles. The molecule has 0 radical (unpaired) electrons. The average Bonchev–Trinajstić information content (AvgIpc) is 2.96. The molecule has 1 unspecified atom stereocenters. The number of likely N-dealkylation sites (tertiary alicyclic amines) is 1. The Labute approximate surface area is 138 Å². The van der Waals surface area contributed by atoms with Crippen molar-refractivity contribution in [2.24, 2.45) is 0 Å². The summed E-state index contributed by atoms with van der Waals surface area (Å²) in [5.41, 5.74) is 1.13. The second-order valence-corrected chi connectivity index (χ2v) is 6.75. The van der Waals surface area contributed by atoms with E-state index in [0.29, 0.717) is 17.3 Å². The number of amides is 1. The molecule has 1 fully saturated rings. The van der Waals surface area contributed by atoms with Crippen molar-refractivity contribution < 1.29 is 9.53 Å². The van der Waals surface area contributed by atoms with Crippen molar-refractivity contribution in [3.63, 3.8) is 0 Å². The van der Waals surface area contributed by atoms with E-state index in [9.17, 15) is 4.79 Å². The minimum atomic E-state index is -0.0290. The molecule has 2 aromatic rings. The second-order valence-electron chi connectivity index (χ2n) is 5.43. The molecule has 0 saturated carbocycles. The Morgan fingerprint density at radius 1 is 1.55 bits per heavy atom. The van der Waals surface area contributed by atoms with E-state index in [2.05, 4.69) is 4.98 Å². The number of carbonyl (C=O) groups excluding carboxylic acids is 1. The number of hydrogen-bond donors (Lipinski definition) is 0. The molecule has 6 heteroatoms. The van der Waals surface area contributed by atoms with E-state index < -0.39 is 0 Å².